The molecule has 0 spiro atoms. The number of aromatic nitrogens is 4. The number of hydrogen-bond acceptors (Lipinski definition) is 8. The zero-order chi connectivity index (χ0) is 20.2. The third kappa shape index (κ3) is 3.60. The predicted octanol–water partition coefficient (Wildman–Crippen LogP) is 3.35. The molecule has 3 aromatic heterocycles. The number of alkyl halides is 2. The summed E-state index contributed by atoms with van der Waals surface area (Å²) in [6, 6.07) is 2.63. The van der Waals surface area contributed by atoms with Gasteiger partial charge in [-0.2, -0.15) is 0 Å². The fourth-order valence-electron chi connectivity index (χ4n) is 3.26. The van der Waals surface area contributed by atoms with Gasteiger partial charge in [-0.15, -0.1) is 10.2 Å². The van der Waals surface area contributed by atoms with Crippen molar-refractivity contribution >= 4 is 34.5 Å². The lowest BCUT2D eigenvalue weighted by Crippen LogP contribution is -2.57. The van der Waals surface area contributed by atoms with E-state index in [0.29, 0.717) is 16.9 Å². The Bertz CT molecular complexity index is 1040. The maximum absolute atomic E-state index is 13.0. The highest BCUT2D eigenvalue weighted by molar-refractivity contribution is 7.97. The highest BCUT2D eigenvalue weighted by atomic mass is 32.2. The minimum atomic E-state index is -2.63. The molecule has 4 heterocycles. The van der Waals surface area contributed by atoms with E-state index < -0.39 is 6.43 Å². The van der Waals surface area contributed by atoms with E-state index >= 15 is 0 Å². The Labute approximate surface area is 175 Å². The lowest BCUT2D eigenvalue weighted by Gasteiger charge is -2.41. The number of hydrogen-bond donors (Lipinski definition) is 2. The second kappa shape index (κ2) is 7.15. The second-order valence-electron chi connectivity index (χ2n) is 7.80. The van der Waals surface area contributed by atoms with Crippen molar-refractivity contribution in [2.24, 2.45) is 0 Å². The maximum Gasteiger partial charge on any atom is 0.291 e. The molecule has 3 aromatic rings. The molecule has 5 rings (SSSR count). The molecule has 1 aliphatic carbocycles. The van der Waals surface area contributed by atoms with E-state index in [0.717, 1.165) is 40.5 Å². The van der Waals surface area contributed by atoms with Crippen LogP contribution in [0.3, 0.4) is 0 Å². The van der Waals surface area contributed by atoms with E-state index in [1.807, 2.05) is 17.6 Å². The minimum Gasteiger partial charge on any atom is -0.366 e. The van der Waals surface area contributed by atoms with Crippen molar-refractivity contribution in [1.82, 2.24) is 29.6 Å². The van der Waals surface area contributed by atoms with Gasteiger partial charge in [0.05, 0.1) is 17.4 Å². The van der Waals surface area contributed by atoms with Gasteiger partial charge in [-0.05, 0) is 44.8 Å². The first kappa shape index (κ1) is 19.2. The minimum absolute atomic E-state index is 0.191. The molecule has 1 aliphatic heterocycles. The van der Waals surface area contributed by atoms with Crippen molar-refractivity contribution in [3.8, 4) is 10.8 Å². The Morgan fingerprint density at radius 3 is 2.76 bits per heavy atom. The molecule has 1 saturated carbocycles. The molecule has 0 radical (unpaired) electrons. The summed E-state index contributed by atoms with van der Waals surface area (Å²) >= 11 is 2.48. The van der Waals surface area contributed by atoms with Gasteiger partial charge in [0.1, 0.15) is 0 Å². The molecular formula is C18H21F2N7S2. The van der Waals surface area contributed by atoms with Crippen LogP contribution in [0.25, 0.3) is 16.3 Å². The summed E-state index contributed by atoms with van der Waals surface area (Å²) in [6.07, 6.45) is 3.48. The van der Waals surface area contributed by atoms with Crippen molar-refractivity contribution in [3.05, 3.63) is 23.5 Å². The number of imidazole rings is 1. The van der Waals surface area contributed by atoms with Crippen molar-refractivity contribution < 1.29 is 8.78 Å². The standard InChI is InChI=1S/C18H21F2N7S2/c1-18(3-4-18)25-29-11-5-12(26-7-10(8-26)21-2)13-6-22-15(27(13)9-11)17-24-23-16(28-17)14(19)20/h5-6,9-10,14,21,25H,3-4,7-8H2,1-2H3. The van der Waals surface area contributed by atoms with Crippen molar-refractivity contribution in [1.29, 1.82) is 0 Å². The zero-order valence-electron chi connectivity index (χ0n) is 16.0. The molecule has 2 N–H and O–H groups in total. The first-order chi connectivity index (χ1) is 14.0. The summed E-state index contributed by atoms with van der Waals surface area (Å²) in [7, 11) is 1.97. The van der Waals surface area contributed by atoms with Crippen LogP contribution in [-0.2, 0) is 0 Å². The normalized spacial score (nSPS) is 18.6. The molecule has 2 fully saturated rings. The maximum atomic E-state index is 13.0. The summed E-state index contributed by atoms with van der Waals surface area (Å²) in [4.78, 5) is 7.84. The summed E-state index contributed by atoms with van der Waals surface area (Å²) in [5, 5.41) is 11.0. The highest BCUT2D eigenvalue weighted by Crippen LogP contribution is 2.39. The number of halogens is 2. The molecular weight excluding hydrogens is 416 g/mol. The SMILES string of the molecule is CNC1CN(c2cc(SNC3(C)CC3)cn3c(-c4nnc(C(F)F)s4)ncc23)C1. The van der Waals surface area contributed by atoms with Crippen molar-refractivity contribution in [2.45, 2.75) is 42.7 Å². The van der Waals surface area contributed by atoms with Crippen LogP contribution in [0.2, 0.25) is 0 Å². The first-order valence-electron chi connectivity index (χ1n) is 9.45. The van der Waals surface area contributed by atoms with Crippen LogP contribution in [0.1, 0.15) is 31.2 Å². The largest absolute Gasteiger partial charge is 0.366 e. The quantitative estimate of drug-likeness (QED) is 0.550. The van der Waals surface area contributed by atoms with Crippen LogP contribution < -0.4 is 14.9 Å². The lowest BCUT2D eigenvalue weighted by molar-refractivity contribution is 0.150. The number of anilines is 1. The van der Waals surface area contributed by atoms with Gasteiger partial charge in [-0.3, -0.25) is 9.12 Å². The van der Waals surface area contributed by atoms with E-state index in [4.69, 9.17) is 0 Å². The zero-order valence-corrected chi connectivity index (χ0v) is 17.7. The number of rotatable bonds is 7. The molecule has 0 aromatic carbocycles. The molecule has 0 amide bonds. The number of nitrogens with zero attached hydrogens (tertiary/aromatic N) is 5. The molecule has 1 saturated heterocycles. The van der Waals surface area contributed by atoms with E-state index in [2.05, 4.69) is 43.1 Å². The van der Waals surface area contributed by atoms with Crippen LogP contribution in [0.4, 0.5) is 14.5 Å². The topological polar surface area (TPSA) is 70.4 Å². The molecule has 2 aliphatic rings. The molecule has 11 heteroatoms. The molecule has 0 bridgehead atoms. The summed E-state index contributed by atoms with van der Waals surface area (Å²) in [5.41, 5.74) is 2.21. The summed E-state index contributed by atoms with van der Waals surface area (Å²) in [6.45, 7) is 4.04. The number of likely N-dealkylation sites (N-methyl/N-ethyl adjacent to an activating group) is 1. The van der Waals surface area contributed by atoms with Gasteiger partial charge < -0.3 is 10.2 Å². The molecule has 0 unspecified atom stereocenters. The van der Waals surface area contributed by atoms with Gasteiger partial charge in [-0.25, -0.2) is 13.8 Å². The van der Waals surface area contributed by atoms with Gasteiger partial charge >= 0.3 is 0 Å². The average Bonchev–Trinajstić information content (AvgIpc) is 3.08. The molecule has 29 heavy (non-hydrogen) atoms. The number of nitrogens with one attached hydrogen (secondary N) is 2. The molecule has 0 atom stereocenters. The lowest BCUT2D eigenvalue weighted by atomic mass is 10.1. The number of fused-ring (bicyclic) bond motifs is 1. The van der Waals surface area contributed by atoms with Gasteiger partial charge in [0.2, 0.25) is 0 Å². The summed E-state index contributed by atoms with van der Waals surface area (Å²) in [5.74, 6) is 0.538. The molecule has 7 nitrogen and oxygen atoms in total. The Hall–Kier alpha value is -1.82. The fourth-order valence-corrected chi connectivity index (χ4v) is 4.85. The predicted molar refractivity (Wildman–Crippen MR) is 111 cm³/mol. The summed E-state index contributed by atoms with van der Waals surface area (Å²) < 4.78 is 31.4. The van der Waals surface area contributed by atoms with Gasteiger partial charge in [0.25, 0.3) is 6.43 Å². The Morgan fingerprint density at radius 2 is 2.10 bits per heavy atom. The average molecular weight is 438 g/mol. The Balaban J connectivity index is 1.54. The van der Waals surface area contributed by atoms with E-state index in [1.165, 1.54) is 12.8 Å². The van der Waals surface area contributed by atoms with Crippen LogP contribution >= 0.6 is 23.3 Å². The second-order valence-corrected chi connectivity index (χ2v) is 9.69. The van der Waals surface area contributed by atoms with Crippen LogP contribution in [0, 0.1) is 0 Å². The van der Waals surface area contributed by atoms with Crippen molar-refractivity contribution in [3.63, 3.8) is 0 Å². The van der Waals surface area contributed by atoms with E-state index in [-0.39, 0.29) is 10.5 Å². The first-order valence-corrected chi connectivity index (χ1v) is 11.1. The third-order valence-corrected chi connectivity index (χ3v) is 7.44. The van der Waals surface area contributed by atoms with E-state index in [1.54, 1.807) is 18.1 Å². The monoisotopic (exact) mass is 437 g/mol. The van der Waals surface area contributed by atoms with Gasteiger partial charge in [0, 0.05) is 35.8 Å². The smallest absolute Gasteiger partial charge is 0.291 e. The van der Waals surface area contributed by atoms with Gasteiger partial charge in [0.15, 0.2) is 15.8 Å². The van der Waals surface area contributed by atoms with Gasteiger partial charge in [-0.1, -0.05) is 11.3 Å². The fraction of sp³-hybridized carbons (Fsp3) is 0.500. The number of pyridine rings is 1. The third-order valence-electron chi connectivity index (χ3n) is 5.46. The van der Waals surface area contributed by atoms with Crippen LogP contribution in [0.5, 0.6) is 0 Å². The van der Waals surface area contributed by atoms with Crippen molar-refractivity contribution in [2.75, 3.05) is 25.0 Å². The van der Waals surface area contributed by atoms with Crippen LogP contribution in [0.15, 0.2) is 23.4 Å². The van der Waals surface area contributed by atoms with Crippen LogP contribution in [-0.4, -0.2) is 51.3 Å². The highest BCUT2D eigenvalue weighted by Gasteiger charge is 2.37. The van der Waals surface area contributed by atoms with E-state index in [9.17, 15) is 8.78 Å². The molecule has 154 valence electrons. The Morgan fingerprint density at radius 1 is 1.31 bits per heavy atom. The Kier molecular flexibility index (Phi) is 4.72.